The number of rotatable bonds is 61. The molecule has 0 heterocycles. The maximum absolute atomic E-state index is 12.9. The molecule has 80 heavy (non-hydrogen) atoms. The summed E-state index contributed by atoms with van der Waals surface area (Å²) in [6.07, 6.45) is 82.5. The fraction of sp³-hybridized carbons (Fsp3) is 0.771. The molecule has 464 valence electrons. The summed E-state index contributed by atoms with van der Waals surface area (Å²) in [6, 6.07) is 0. The molecule has 0 saturated heterocycles. The molecule has 0 saturated carbocycles. The summed E-state index contributed by atoms with van der Waals surface area (Å²) < 4.78 is 34.7. The van der Waals surface area contributed by atoms with E-state index in [-0.39, 0.29) is 32.0 Å². The van der Waals surface area contributed by atoms with E-state index in [1.807, 2.05) is 21.1 Å². The molecule has 1 N–H and O–H groups in total. The SMILES string of the molecule is CC/C=C\C/C=C\C/C=C\C/C=C\C/C=C\C/C=C\CCCCCCCCCCCCCCCCCCCCC(=O)OC(COC(=O)CCCCCCCCCCC/C=C\CCCCCCCC)COP(=O)(O)OCC[N+](C)(C)C. The quantitative estimate of drug-likeness (QED) is 0.0211. The van der Waals surface area contributed by atoms with Crippen LogP contribution in [0, 0.1) is 0 Å². The topological polar surface area (TPSA) is 108 Å². The maximum Gasteiger partial charge on any atom is 0.472 e. The normalized spacial score (nSPS) is 13.7. The van der Waals surface area contributed by atoms with Crippen molar-refractivity contribution in [1.29, 1.82) is 0 Å². The van der Waals surface area contributed by atoms with Crippen LogP contribution in [0.3, 0.4) is 0 Å². The van der Waals surface area contributed by atoms with Crippen LogP contribution in [0.15, 0.2) is 85.1 Å². The van der Waals surface area contributed by atoms with Gasteiger partial charge in [-0.2, -0.15) is 0 Å². The molecule has 0 spiro atoms. The third kappa shape index (κ3) is 64.4. The number of carbonyl (C=O) groups is 2. The molecule has 0 aromatic rings. The van der Waals surface area contributed by atoms with Crippen LogP contribution >= 0.6 is 7.82 Å². The molecule has 0 rings (SSSR count). The fourth-order valence-corrected chi connectivity index (χ4v) is 10.1. The van der Waals surface area contributed by atoms with Crippen molar-refractivity contribution in [3.05, 3.63) is 85.1 Å². The van der Waals surface area contributed by atoms with Crippen molar-refractivity contribution in [3.8, 4) is 0 Å². The number of quaternary nitrogens is 1. The van der Waals surface area contributed by atoms with E-state index >= 15 is 0 Å². The molecule has 0 aliphatic carbocycles. The van der Waals surface area contributed by atoms with Crippen LogP contribution in [-0.4, -0.2) is 74.9 Å². The Morgan fingerprint density at radius 3 is 1.07 bits per heavy atom. The number of hydrogen-bond donors (Lipinski definition) is 1. The van der Waals surface area contributed by atoms with Gasteiger partial charge in [-0.3, -0.25) is 18.6 Å². The number of nitrogens with zero attached hydrogens (tertiary/aromatic N) is 1. The highest BCUT2D eigenvalue weighted by Crippen LogP contribution is 2.43. The Bertz CT molecular complexity index is 1630. The minimum atomic E-state index is -4.39. The number of esters is 2. The molecule has 0 aliphatic heterocycles. The molecule has 10 heteroatoms. The second kappa shape index (κ2) is 60.8. The largest absolute Gasteiger partial charge is 0.472 e. The van der Waals surface area contributed by atoms with E-state index in [0.717, 1.165) is 70.6 Å². The lowest BCUT2D eigenvalue weighted by Crippen LogP contribution is -2.37. The van der Waals surface area contributed by atoms with Gasteiger partial charge in [-0.15, -0.1) is 0 Å². The zero-order valence-electron chi connectivity index (χ0n) is 52.8. The molecule has 0 aliphatic rings. The molecular weight excluding hydrogens is 1010 g/mol. The predicted octanol–water partition coefficient (Wildman–Crippen LogP) is 21.4. The first-order valence-electron chi connectivity index (χ1n) is 33.3. The minimum absolute atomic E-state index is 0.0308. The third-order valence-corrected chi connectivity index (χ3v) is 15.4. The summed E-state index contributed by atoms with van der Waals surface area (Å²) in [7, 11) is 1.48. The van der Waals surface area contributed by atoms with Crippen molar-refractivity contribution in [2.45, 2.75) is 302 Å². The van der Waals surface area contributed by atoms with Crippen molar-refractivity contribution in [2.24, 2.45) is 0 Å². The van der Waals surface area contributed by atoms with Gasteiger partial charge in [0.1, 0.15) is 19.8 Å². The van der Waals surface area contributed by atoms with Gasteiger partial charge in [0.15, 0.2) is 6.10 Å². The highest BCUT2D eigenvalue weighted by molar-refractivity contribution is 7.47. The van der Waals surface area contributed by atoms with E-state index in [1.165, 1.54) is 193 Å². The molecule has 0 aromatic heterocycles. The van der Waals surface area contributed by atoms with Crippen molar-refractivity contribution >= 4 is 19.8 Å². The first-order valence-corrected chi connectivity index (χ1v) is 34.8. The summed E-state index contributed by atoms with van der Waals surface area (Å²) in [4.78, 5) is 35.8. The Balaban J connectivity index is 4.01. The highest BCUT2D eigenvalue weighted by atomic mass is 31.2. The maximum atomic E-state index is 12.9. The van der Waals surface area contributed by atoms with E-state index in [4.69, 9.17) is 18.5 Å². The molecule has 2 unspecified atom stereocenters. The monoisotopic (exact) mass is 1140 g/mol. The molecule has 0 fully saturated rings. The van der Waals surface area contributed by atoms with Gasteiger partial charge in [0.05, 0.1) is 27.7 Å². The zero-order chi connectivity index (χ0) is 58.4. The van der Waals surface area contributed by atoms with Crippen molar-refractivity contribution in [2.75, 3.05) is 47.5 Å². The number of hydrogen-bond acceptors (Lipinski definition) is 7. The number of allylic oxidation sites excluding steroid dienone is 14. The van der Waals surface area contributed by atoms with Gasteiger partial charge in [0, 0.05) is 12.8 Å². The first kappa shape index (κ1) is 77.2. The molecule has 2 atom stereocenters. The Morgan fingerprint density at radius 1 is 0.400 bits per heavy atom. The third-order valence-electron chi connectivity index (χ3n) is 14.4. The van der Waals surface area contributed by atoms with Gasteiger partial charge in [0.2, 0.25) is 0 Å². The second-order valence-corrected chi connectivity index (χ2v) is 24.9. The van der Waals surface area contributed by atoms with Crippen LogP contribution in [0.25, 0.3) is 0 Å². The summed E-state index contributed by atoms with van der Waals surface area (Å²) in [6.45, 7) is 4.34. The first-order chi connectivity index (χ1) is 39.0. The van der Waals surface area contributed by atoms with Crippen molar-refractivity contribution < 1.29 is 42.1 Å². The summed E-state index contributed by atoms with van der Waals surface area (Å²) in [5.74, 6) is -0.790. The second-order valence-electron chi connectivity index (χ2n) is 23.5. The average Bonchev–Trinajstić information content (AvgIpc) is 3.42. The van der Waals surface area contributed by atoms with Gasteiger partial charge < -0.3 is 18.9 Å². The summed E-state index contributed by atoms with van der Waals surface area (Å²) in [5, 5.41) is 0. The van der Waals surface area contributed by atoms with Crippen molar-refractivity contribution in [1.82, 2.24) is 0 Å². The number of unbranched alkanes of at least 4 members (excludes halogenated alkanes) is 33. The Morgan fingerprint density at radius 2 is 0.713 bits per heavy atom. The molecule has 0 amide bonds. The van der Waals surface area contributed by atoms with Gasteiger partial charge in [-0.25, -0.2) is 4.57 Å². The number of ether oxygens (including phenoxy) is 2. The van der Waals surface area contributed by atoms with Crippen molar-refractivity contribution in [3.63, 3.8) is 0 Å². The average molecular weight is 1140 g/mol. The fourth-order valence-electron chi connectivity index (χ4n) is 9.31. The van der Waals surface area contributed by atoms with Crippen LogP contribution in [0.5, 0.6) is 0 Å². The number of carbonyl (C=O) groups excluding carboxylic acids is 2. The minimum Gasteiger partial charge on any atom is -0.462 e. The van der Waals surface area contributed by atoms with E-state index in [0.29, 0.717) is 17.4 Å². The Hall–Kier alpha value is -2.81. The Kier molecular flexibility index (Phi) is 58.6. The smallest absolute Gasteiger partial charge is 0.462 e. The van der Waals surface area contributed by atoms with Crippen LogP contribution in [0.2, 0.25) is 0 Å². The summed E-state index contributed by atoms with van der Waals surface area (Å²) >= 11 is 0. The lowest BCUT2D eigenvalue weighted by molar-refractivity contribution is -0.870. The lowest BCUT2D eigenvalue weighted by Gasteiger charge is -2.24. The van der Waals surface area contributed by atoms with E-state index in [9.17, 15) is 19.0 Å². The van der Waals surface area contributed by atoms with E-state index in [2.05, 4.69) is 98.9 Å². The van der Waals surface area contributed by atoms with Gasteiger partial charge >= 0.3 is 19.8 Å². The van der Waals surface area contributed by atoms with Gasteiger partial charge in [-0.1, -0.05) is 279 Å². The van der Waals surface area contributed by atoms with Crippen LogP contribution in [0.1, 0.15) is 296 Å². The predicted molar refractivity (Wildman–Crippen MR) is 344 cm³/mol. The Labute approximate surface area is 494 Å². The van der Waals surface area contributed by atoms with Gasteiger partial charge in [-0.05, 0) is 89.9 Å². The van der Waals surface area contributed by atoms with Crippen LogP contribution in [0.4, 0.5) is 0 Å². The molecular formula is C70H127NO8P+. The number of likely N-dealkylation sites (N-methyl/N-ethyl adjacent to an activating group) is 1. The zero-order valence-corrected chi connectivity index (χ0v) is 53.7. The molecule has 9 nitrogen and oxygen atoms in total. The van der Waals surface area contributed by atoms with Crippen LogP contribution < -0.4 is 0 Å². The van der Waals surface area contributed by atoms with Gasteiger partial charge in [0.25, 0.3) is 0 Å². The van der Waals surface area contributed by atoms with E-state index < -0.39 is 26.5 Å². The molecule has 0 aromatic carbocycles. The summed E-state index contributed by atoms with van der Waals surface area (Å²) in [5.41, 5.74) is 0. The number of phosphoric acid groups is 1. The molecule has 0 bridgehead atoms. The number of phosphoric ester groups is 1. The standard InChI is InChI=1S/C70H126NO8P/c1-6-8-10-12-14-16-18-20-22-24-26-27-28-29-30-31-32-33-34-35-36-37-38-39-40-41-42-43-45-47-49-51-53-55-57-59-61-63-70(73)79-68(67-78-80(74,75)77-65-64-71(3,4)5)66-76-69(72)62-60-58-56-54-52-50-48-46-44-25-23-21-19-17-15-13-11-9-7-2/h8,10,14,16,20-23,26-27,29-30,32-33,68H,6-7,9,11-13,15,17-19,24-25,28,31,34-67H2,1-5H3/p+1/b10-8-,16-14-,22-20-,23-21-,27-26-,30-29-,33-32-. The lowest BCUT2D eigenvalue weighted by atomic mass is 10.0. The van der Waals surface area contributed by atoms with E-state index in [1.54, 1.807) is 0 Å². The van der Waals surface area contributed by atoms with Crippen LogP contribution in [-0.2, 0) is 32.7 Å². The molecule has 0 radical (unpaired) electrons. The highest BCUT2D eigenvalue weighted by Gasteiger charge is 2.27.